The van der Waals surface area contributed by atoms with E-state index in [0.717, 1.165) is 48.4 Å². The molecule has 3 aromatic rings. The molecule has 3 heterocycles. The summed E-state index contributed by atoms with van der Waals surface area (Å²) in [5.74, 6) is 0.931. The number of aromatic amines is 1. The highest BCUT2D eigenvalue weighted by Gasteiger charge is 2.28. The van der Waals surface area contributed by atoms with Crippen LogP contribution in [0.3, 0.4) is 0 Å². The van der Waals surface area contributed by atoms with Crippen molar-refractivity contribution in [3.8, 4) is 0 Å². The third kappa shape index (κ3) is 3.46. The van der Waals surface area contributed by atoms with Crippen LogP contribution in [0.2, 0.25) is 0 Å². The van der Waals surface area contributed by atoms with Gasteiger partial charge in [0.15, 0.2) is 0 Å². The van der Waals surface area contributed by atoms with E-state index in [1.165, 1.54) is 12.1 Å². The Bertz CT molecular complexity index is 968. The van der Waals surface area contributed by atoms with Crippen molar-refractivity contribution < 1.29 is 9.18 Å². The highest BCUT2D eigenvalue weighted by atomic mass is 19.1. The third-order valence-electron chi connectivity index (χ3n) is 5.26. The van der Waals surface area contributed by atoms with Crippen molar-refractivity contribution in [2.45, 2.75) is 45.6 Å². The van der Waals surface area contributed by atoms with Gasteiger partial charge in [-0.05, 0) is 44.4 Å². The summed E-state index contributed by atoms with van der Waals surface area (Å²) in [5, 5.41) is 4.43. The molecule has 1 fully saturated rings. The molecule has 0 bridgehead atoms. The smallest absolute Gasteiger partial charge is 0.257 e. The third-order valence-corrected chi connectivity index (χ3v) is 5.26. The molecule has 1 aromatic carbocycles. The summed E-state index contributed by atoms with van der Waals surface area (Å²) >= 11 is 0. The largest absolute Gasteiger partial charge is 0.342 e. The van der Waals surface area contributed by atoms with Crippen molar-refractivity contribution in [1.29, 1.82) is 0 Å². The van der Waals surface area contributed by atoms with E-state index < -0.39 is 0 Å². The SMILES string of the molecule is CCCn1cc(C(=O)N2CCC(c3nc4ccc(F)cc4[nH]3)CC2)c(C)n1. The fourth-order valence-corrected chi connectivity index (χ4v) is 3.79. The molecule has 0 aliphatic carbocycles. The molecule has 142 valence electrons. The number of aryl methyl sites for hydroxylation is 2. The maximum atomic E-state index is 13.4. The summed E-state index contributed by atoms with van der Waals surface area (Å²) in [5.41, 5.74) is 2.99. The minimum absolute atomic E-state index is 0.0555. The van der Waals surface area contributed by atoms with Crippen LogP contribution in [-0.4, -0.2) is 43.6 Å². The molecule has 7 heteroatoms. The second-order valence-corrected chi connectivity index (χ2v) is 7.24. The second kappa shape index (κ2) is 7.13. The van der Waals surface area contributed by atoms with Gasteiger partial charge in [0, 0.05) is 31.7 Å². The van der Waals surface area contributed by atoms with Gasteiger partial charge in [0.2, 0.25) is 0 Å². The van der Waals surface area contributed by atoms with E-state index in [1.807, 2.05) is 22.7 Å². The number of likely N-dealkylation sites (tertiary alicyclic amines) is 1. The normalized spacial score (nSPS) is 15.6. The first-order chi connectivity index (χ1) is 13.0. The summed E-state index contributed by atoms with van der Waals surface area (Å²) in [6.07, 6.45) is 4.54. The second-order valence-electron chi connectivity index (χ2n) is 7.24. The Morgan fingerprint density at radius 3 is 2.85 bits per heavy atom. The van der Waals surface area contributed by atoms with Crippen molar-refractivity contribution in [2.75, 3.05) is 13.1 Å². The Morgan fingerprint density at radius 1 is 1.33 bits per heavy atom. The molecule has 0 unspecified atom stereocenters. The maximum Gasteiger partial charge on any atom is 0.257 e. The summed E-state index contributed by atoms with van der Waals surface area (Å²) < 4.78 is 15.2. The number of nitrogens with one attached hydrogen (secondary N) is 1. The van der Waals surface area contributed by atoms with Gasteiger partial charge in [-0.2, -0.15) is 5.10 Å². The molecule has 0 atom stereocenters. The molecular formula is C20H24FN5O. The van der Waals surface area contributed by atoms with Crippen LogP contribution in [0.25, 0.3) is 11.0 Å². The standard InChI is InChI=1S/C20H24FN5O/c1-3-8-26-12-16(13(2)24-26)20(27)25-9-6-14(7-10-25)19-22-17-5-4-15(21)11-18(17)23-19/h4-5,11-12,14H,3,6-10H2,1-2H3,(H,22,23). The zero-order valence-corrected chi connectivity index (χ0v) is 15.7. The Labute approximate surface area is 157 Å². The summed E-state index contributed by atoms with van der Waals surface area (Å²) in [4.78, 5) is 22.6. The average molecular weight is 369 g/mol. The number of halogens is 1. The van der Waals surface area contributed by atoms with Gasteiger partial charge in [0.25, 0.3) is 5.91 Å². The number of H-pyrrole nitrogens is 1. The monoisotopic (exact) mass is 369 g/mol. The number of hydrogen-bond acceptors (Lipinski definition) is 3. The van der Waals surface area contributed by atoms with Crippen LogP contribution in [0.4, 0.5) is 4.39 Å². The van der Waals surface area contributed by atoms with E-state index in [9.17, 15) is 9.18 Å². The van der Waals surface area contributed by atoms with Gasteiger partial charge in [-0.25, -0.2) is 9.37 Å². The Hall–Kier alpha value is -2.70. The number of imidazole rings is 1. The van der Waals surface area contributed by atoms with Gasteiger partial charge in [0.1, 0.15) is 11.6 Å². The number of benzene rings is 1. The number of piperidine rings is 1. The van der Waals surface area contributed by atoms with Gasteiger partial charge in [-0.1, -0.05) is 6.92 Å². The predicted octanol–water partition coefficient (Wildman–Crippen LogP) is 3.64. The average Bonchev–Trinajstić information content (AvgIpc) is 3.24. The van der Waals surface area contributed by atoms with Gasteiger partial charge in [-0.3, -0.25) is 9.48 Å². The van der Waals surface area contributed by atoms with Crippen LogP contribution in [-0.2, 0) is 6.54 Å². The van der Waals surface area contributed by atoms with E-state index in [2.05, 4.69) is 22.0 Å². The zero-order valence-electron chi connectivity index (χ0n) is 15.7. The lowest BCUT2D eigenvalue weighted by atomic mass is 9.95. The van der Waals surface area contributed by atoms with Crippen molar-refractivity contribution in [1.82, 2.24) is 24.6 Å². The molecule has 1 aliphatic heterocycles. The minimum Gasteiger partial charge on any atom is -0.342 e. The van der Waals surface area contributed by atoms with E-state index >= 15 is 0 Å². The molecule has 1 amide bonds. The topological polar surface area (TPSA) is 66.8 Å². The number of fused-ring (bicyclic) bond motifs is 1. The zero-order chi connectivity index (χ0) is 19.0. The lowest BCUT2D eigenvalue weighted by molar-refractivity contribution is 0.0710. The number of aromatic nitrogens is 4. The van der Waals surface area contributed by atoms with Crippen LogP contribution in [0.5, 0.6) is 0 Å². The molecule has 2 aromatic heterocycles. The number of rotatable bonds is 4. The van der Waals surface area contributed by atoms with Crippen molar-refractivity contribution in [2.24, 2.45) is 0 Å². The quantitative estimate of drug-likeness (QED) is 0.763. The molecule has 1 saturated heterocycles. The first-order valence-electron chi connectivity index (χ1n) is 9.53. The number of nitrogens with zero attached hydrogens (tertiary/aromatic N) is 4. The molecule has 27 heavy (non-hydrogen) atoms. The van der Waals surface area contributed by atoms with Gasteiger partial charge < -0.3 is 9.88 Å². The van der Waals surface area contributed by atoms with Crippen molar-refractivity contribution in [3.05, 3.63) is 47.3 Å². The molecule has 6 nitrogen and oxygen atoms in total. The Balaban J connectivity index is 1.44. The highest BCUT2D eigenvalue weighted by Crippen LogP contribution is 2.28. The van der Waals surface area contributed by atoms with E-state index in [1.54, 1.807) is 6.07 Å². The van der Waals surface area contributed by atoms with Crippen LogP contribution >= 0.6 is 0 Å². The number of amides is 1. The lowest BCUT2D eigenvalue weighted by Crippen LogP contribution is -2.38. The number of carbonyl (C=O) groups is 1. The first-order valence-corrected chi connectivity index (χ1v) is 9.53. The fraction of sp³-hybridized carbons (Fsp3) is 0.450. The summed E-state index contributed by atoms with van der Waals surface area (Å²) in [7, 11) is 0. The molecule has 0 radical (unpaired) electrons. The van der Waals surface area contributed by atoms with Crippen molar-refractivity contribution >= 4 is 16.9 Å². The van der Waals surface area contributed by atoms with E-state index in [-0.39, 0.29) is 17.6 Å². The van der Waals surface area contributed by atoms with E-state index in [4.69, 9.17) is 0 Å². The fourth-order valence-electron chi connectivity index (χ4n) is 3.79. The van der Waals surface area contributed by atoms with Gasteiger partial charge >= 0.3 is 0 Å². The van der Waals surface area contributed by atoms with Crippen LogP contribution in [0.15, 0.2) is 24.4 Å². The van der Waals surface area contributed by atoms with Crippen LogP contribution in [0.1, 0.15) is 54.0 Å². The summed E-state index contributed by atoms with van der Waals surface area (Å²) in [6.45, 7) is 6.18. The van der Waals surface area contributed by atoms with E-state index in [0.29, 0.717) is 18.7 Å². The number of carbonyl (C=O) groups excluding carboxylic acids is 1. The molecule has 1 aliphatic rings. The first kappa shape index (κ1) is 17.7. The minimum atomic E-state index is -0.267. The molecule has 1 N–H and O–H groups in total. The molecule has 4 rings (SSSR count). The predicted molar refractivity (Wildman–Crippen MR) is 101 cm³/mol. The maximum absolute atomic E-state index is 13.4. The van der Waals surface area contributed by atoms with Gasteiger partial charge in [-0.15, -0.1) is 0 Å². The van der Waals surface area contributed by atoms with Gasteiger partial charge in [0.05, 0.1) is 22.3 Å². The molecule has 0 saturated carbocycles. The van der Waals surface area contributed by atoms with Crippen LogP contribution < -0.4 is 0 Å². The lowest BCUT2D eigenvalue weighted by Gasteiger charge is -2.31. The van der Waals surface area contributed by atoms with Crippen molar-refractivity contribution in [3.63, 3.8) is 0 Å². The number of hydrogen-bond donors (Lipinski definition) is 1. The Kier molecular flexibility index (Phi) is 4.68. The molecule has 0 spiro atoms. The molecular weight excluding hydrogens is 345 g/mol. The highest BCUT2D eigenvalue weighted by molar-refractivity contribution is 5.95. The Morgan fingerprint density at radius 2 is 2.11 bits per heavy atom. The van der Waals surface area contributed by atoms with Crippen LogP contribution in [0, 0.1) is 12.7 Å². The summed E-state index contributed by atoms with van der Waals surface area (Å²) in [6, 6.07) is 4.59.